The summed E-state index contributed by atoms with van der Waals surface area (Å²) in [6.07, 6.45) is 2.42. The van der Waals surface area contributed by atoms with Gasteiger partial charge in [-0.3, -0.25) is 0 Å². The summed E-state index contributed by atoms with van der Waals surface area (Å²) in [5, 5.41) is 6.14. The molecule has 1 aliphatic rings. The molecule has 6 nitrogen and oxygen atoms in total. The highest BCUT2D eigenvalue weighted by Gasteiger charge is 2.40. The number of rotatable bonds is 2. The Morgan fingerprint density at radius 2 is 2.40 bits per heavy atom. The number of primary amides is 1. The number of aromatic nitrogens is 1. The van der Waals surface area contributed by atoms with E-state index in [0.717, 1.165) is 28.7 Å². The van der Waals surface area contributed by atoms with Gasteiger partial charge in [0.2, 0.25) is 0 Å². The van der Waals surface area contributed by atoms with Crippen molar-refractivity contribution in [3.63, 3.8) is 0 Å². The molecule has 0 unspecified atom stereocenters. The van der Waals surface area contributed by atoms with E-state index in [1.165, 1.54) is 11.3 Å². The van der Waals surface area contributed by atoms with Crippen molar-refractivity contribution in [1.29, 1.82) is 0 Å². The lowest BCUT2D eigenvalue weighted by Gasteiger charge is -2.37. The maximum Gasteiger partial charge on any atom is 0.405 e. The standard InChI is InChI=1S/C13H16N4O2S/c14-9-6-17-11-8(2-5-20-11)10(9)13(19-12(15)18)3-1-4-16-7-13/h2,5-6,16H,1,3-4,7,14H2,(H2,15,18)/t13-/m1/s1. The molecule has 0 bridgehead atoms. The summed E-state index contributed by atoms with van der Waals surface area (Å²) < 4.78 is 5.50. The molecule has 0 radical (unpaired) electrons. The highest BCUT2D eigenvalue weighted by atomic mass is 32.1. The van der Waals surface area contributed by atoms with Crippen molar-refractivity contribution >= 4 is 33.3 Å². The molecule has 3 rings (SSSR count). The first-order valence-electron chi connectivity index (χ1n) is 6.44. The van der Waals surface area contributed by atoms with Gasteiger partial charge in [-0.25, -0.2) is 9.78 Å². The third-order valence-corrected chi connectivity index (χ3v) is 4.44. The van der Waals surface area contributed by atoms with Crippen LogP contribution in [-0.4, -0.2) is 24.2 Å². The Balaban J connectivity index is 2.20. The van der Waals surface area contributed by atoms with Crippen LogP contribution in [0.5, 0.6) is 0 Å². The molecule has 0 spiro atoms. The topological polar surface area (TPSA) is 103 Å². The molecule has 1 amide bonds. The summed E-state index contributed by atoms with van der Waals surface area (Å²) in [6.45, 7) is 1.40. The molecule has 20 heavy (non-hydrogen) atoms. The van der Waals surface area contributed by atoms with Crippen LogP contribution >= 0.6 is 11.3 Å². The van der Waals surface area contributed by atoms with Gasteiger partial charge in [0.05, 0.1) is 11.9 Å². The fourth-order valence-electron chi connectivity index (χ4n) is 2.87. The number of amides is 1. The summed E-state index contributed by atoms with van der Waals surface area (Å²) >= 11 is 1.53. The molecule has 1 saturated heterocycles. The van der Waals surface area contributed by atoms with Crippen LogP contribution in [0.4, 0.5) is 10.5 Å². The van der Waals surface area contributed by atoms with Gasteiger partial charge in [-0.05, 0) is 30.8 Å². The zero-order valence-electron chi connectivity index (χ0n) is 10.9. The minimum absolute atomic E-state index is 0.509. The van der Waals surface area contributed by atoms with Crippen LogP contribution in [0.2, 0.25) is 0 Å². The zero-order chi connectivity index (χ0) is 14.2. The van der Waals surface area contributed by atoms with E-state index in [1.807, 2.05) is 11.4 Å². The van der Waals surface area contributed by atoms with Crippen molar-refractivity contribution < 1.29 is 9.53 Å². The predicted molar refractivity (Wildman–Crippen MR) is 78.5 cm³/mol. The molecule has 1 fully saturated rings. The molecule has 0 aliphatic carbocycles. The minimum atomic E-state index is -0.809. The number of ether oxygens (including phenoxy) is 1. The van der Waals surface area contributed by atoms with Crippen molar-refractivity contribution in [1.82, 2.24) is 10.3 Å². The molecule has 5 N–H and O–H groups in total. The van der Waals surface area contributed by atoms with Crippen LogP contribution in [-0.2, 0) is 10.3 Å². The summed E-state index contributed by atoms with van der Waals surface area (Å²) in [5.41, 5.74) is 11.9. The van der Waals surface area contributed by atoms with Gasteiger partial charge in [-0.2, -0.15) is 0 Å². The molecule has 0 saturated carbocycles. The second-order valence-corrected chi connectivity index (χ2v) is 5.82. The van der Waals surface area contributed by atoms with Crippen LogP contribution in [0, 0.1) is 0 Å². The fourth-order valence-corrected chi connectivity index (χ4v) is 3.61. The monoisotopic (exact) mass is 292 g/mol. The number of nitrogen functional groups attached to an aromatic ring is 1. The number of carbonyl (C=O) groups excluding carboxylic acids is 1. The van der Waals surface area contributed by atoms with Gasteiger partial charge in [0, 0.05) is 17.5 Å². The van der Waals surface area contributed by atoms with E-state index < -0.39 is 11.7 Å². The van der Waals surface area contributed by atoms with E-state index in [9.17, 15) is 4.79 Å². The number of hydrogen-bond acceptors (Lipinski definition) is 6. The number of fused-ring (bicyclic) bond motifs is 1. The van der Waals surface area contributed by atoms with Crippen LogP contribution in [0.15, 0.2) is 17.6 Å². The van der Waals surface area contributed by atoms with Gasteiger partial charge >= 0.3 is 6.09 Å². The van der Waals surface area contributed by atoms with Crippen molar-refractivity contribution in [2.75, 3.05) is 18.8 Å². The Morgan fingerprint density at radius 1 is 1.55 bits per heavy atom. The van der Waals surface area contributed by atoms with Gasteiger partial charge in [-0.15, -0.1) is 11.3 Å². The van der Waals surface area contributed by atoms with E-state index in [0.29, 0.717) is 18.7 Å². The summed E-state index contributed by atoms with van der Waals surface area (Å²) in [6, 6.07) is 1.96. The molecule has 7 heteroatoms. The molecule has 3 heterocycles. The molecular formula is C13H16N4O2S. The van der Waals surface area contributed by atoms with E-state index in [-0.39, 0.29) is 0 Å². The molecule has 2 aromatic heterocycles. The van der Waals surface area contributed by atoms with Crippen molar-refractivity contribution in [3.8, 4) is 0 Å². The molecule has 1 atom stereocenters. The van der Waals surface area contributed by atoms with Crippen LogP contribution in [0.25, 0.3) is 10.2 Å². The molecule has 0 aromatic carbocycles. The van der Waals surface area contributed by atoms with E-state index in [1.54, 1.807) is 6.20 Å². The average Bonchev–Trinajstić information content (AvgIpc) is 2.86. The number of thiophene rings is 1. The lowest BCUT2D eigenvalue weighted by atomic mass is 9.84. The van der Waals surface area contributed by atoms with Crippen LogP contribution < -0.4 is 16.8 Å². The Bertz CT molecular complexity index is 649. The first-order chi connectivity index (χ1) is 9.62. The summed E-state index contributed by atoms with van der Waals surface area (Å²) in [5.74, 6) is 0. The smallest absolute Gasteiger partial charge is 0.405 e. The number of carbonyl (C=O) groups is 1. The first-order valence-corrected chi connectivity index (χ1v) is 7.32. The van der Waals surface area contributed by atoms with Crippen LogP contribution in [0.3, 0.4) is 0 Å². The lowest BCUT2D eigenvalue weighted by Crippen LogP contribution is -2.47. The van der Waals surface area contributed by atoms with Gasteiger partial charge in [0.1, 0.15) is 4.83 Å². The van der Waals surface area contributed by atoms with Crippen molar-refractivity contribution in [2.24, 2.45) is 5.73 Å². The third-order valence-electron chi connectivity index (χ3n) is 3.62. The highest BCUT2D eigenvalue weighted by molar-refractivity contribution is 7.16. The van der Waals surface area contributed by atoms with Gasteiger partial charge < -0.3 is 21.5 Å². The quantitative estimate of drug-likeness (QED) is 0.779. The number of pyridine rings is 1. The van der Waals surface area contributed by atoms with Gasteiger partial charge in [0.25, 0.3) is 0 Å². The molecule has 106 valence electrons. The first kappa shape index (κ1) is 13.1. The summed E-state index contributed by atoms with van der Waals surface area (Å²) in [4.78, 5) is 16.5. The van der Waals surface area contributed by atoms with E-state index in [4.69, 9.17) is 16.2 Å². The second kappa shape index (κ2) is 4.92. The maximum atomic E-state index is 11.4. The highest BCUT2D eigenvalue weighted by Crippen LogP contribution is 2.40. The van der Waals surface area contributed by atoms with Crippen LogP contribution in [0.1, 0.15) is 18.4 Å². The Labute approximate surface area is 120 Å². The zero-order valence-corrected chi connectivity index (χ0v) is 11.7. The number of hydrogen-bond donors (Lipinski definition) is 3. The normalized spacial score (nSPS) is 22.8. The Morgan fingerprint density at radius 3 is 3.10 bits per heavy atom. The number of nitrogens with zero attached hydrogens (tertiary/aromatic N) is 1. The minimum Gasteiger partial charge on any atom is -0.437 e. The average molecular weight is 292 g/mol. The summed E-state index contributed by atoms with van der Waals surface area (Å²) in [7, 11) is 0. The molecule has 2 aromatic rings. The lowest BCUT2D eigenvalue weighted by molar-refractivity contribution is -0.00417. The van der Waals surface area contributed by atoms with Crippen molar-refractivity contribution in [3.05, 3.63) is 23.2 Å². The van der Waals surface area contributed by atoms with E-state index >= 15 is 0 Å². The predicted octanol–water partition coefficient (Wildman–Crippen LogP) is 1.55. The SMILES string of the molecule is NC(=O)O[C@]1(c2c(N)cnc3sccc23)CCCNC1. The Hall–Kier alpha value is -1.86. The number of nitrogens with one attached hydrogen (secondary N) is 1. The number of nitrogens with two attached hydrogens (primary N) is 2. The number of anilines is 1. The largest absolute Gasteiger partial charge is 0.437 e. The van der Waals surface area contributed by atoms with Gasteiger partial charge in [-0.1, -0.05) is 0 Å². The van der Waals surface area contributed by atoms with E-state index in [2.05, 4.69) is 10.3 Å². The second-order valence-electron chi connectivity index (χ2n) is 4.92. The van der Waals surface area contributed by atoms with Gasteiger partial charge in [0.15, 0.2) is 5.60 Å². The molecule has 1 aliphatic heterocycles. The van der Waals surface area contributed by atoms with Crippen molar-refractivity contribution in [2.45, 2.75) is 18.4 Å². The molecular weight excluding hydrogens is 276 g/mol. The Kier molecular flexibility index (Phi) is 3.23. The third kappa shape index (κ3) is 2.08. The maximum absolute atomic E-state index is 11.4. The fraction of sp³-hybridized carbons (Fsp3) is 0.385. The number of piperidine rings is 1.